The lowest BCUT2D eigenvalue weighted by atomic mass is 9.78. The van der Waals surface area contributed by atoms with Crippen molar-refractivity contribution in [1.82, 2.24) is 0 Å². The Kier molecular flexibility index (Phi) is 2.55. The highest BCUT2D eigenvalue weighted by Crippen LogP contribution is 2.36. The Morgan fingerprint density at radius 1 is 1.38 bits per heavy atom. The van der Waals surface area contributed by atoms with Gasteiger partial charge in [-0.05, 0) is 12.3 Å². The average Bonchev–Trinajstić information content (AvgIpc) is 2.29. The van der Waals surface area contributed by atoms with Gasteiger partial charge in [0, 0.05) is 0 Å². The Morgan fingerprint density at radius 2 is 2.08 bits per heavy atom. The summed E-state index contributed by atoms with van der Waals surface area (Å²) in [6, 6.07) is 0. The van der Waals surface area contributed by atoms with Gasteiger partial charge in [0.25, 0.3) is 0 Å². The number of hydrogen-bond acceptors (Lipinski definition) is 3. The van der Waals surface area contributed by atoms with Crippen molar-refractivity contribution in [2.75, 3.05) is 0 Å². The lowest BCUT2D eigenvalue weighted by Crippen LogP contribution is -2.25. The summed E-state index contributed by atoms with van der Waals surface area (Å²) in [5.41, 5.74) is 0. The Morgan fingerprint density at radius 3 is 2.69 bits per heavy atom. The van der Waals surface area contributed by atoms with Crippen LogP contribution in [-0.4, -0.2) is 11.9 Å². The van der Waals surface area contributed by atoms with Gasteiger partial charge in [0.15, 0.2) is 0 Å². The van der Waals surface area contributed by atoms with Gasteiger partial charge in [-0.2, -0.15) is 0 Å². The molecule has 0 spiro atoms. The summed E-state index contributed by atoms with van der Waals surface area (Å²) >= 11 is 0. The second-order valence-corrected chi connectivity index (χ2v) is 3.43. The summed E-state index contributed by atoms with van der Waals surface area (Å²) in [4.78, 5) is 22.2. The summed E-state index contributed by atoms with van der Waals surface area (Å²) in [5.74, 6) is -1.02. The summed E-state index contributed by atoms with van der Waals surface area (Å²) < 4.78 is 4.55. The molecule has 0 aromatic heterocycles. The van der Waals surface area contributed by atoms with Crippen LogP contribution in [-0.2, 0) is 14.3 Å². The first-order valence-corrected chi connectivity index (χ1v) is 4.12. The average molecular weight is 182 g/mol. The fourth-order valence-corrected chi connectivity index (χ4v) is 1.90. The fourth-order valence-electron chi connectivity index (χ4n) is 1.90. The maximum atomic E-state index is 11.2. The van der Waals surface area contributed by atoms with Gasteiger partial charge >= 0.3 is 11.9 Å². The molecule has 3 atom stereocenters. The smallest absolute Gasteiger partial charge is 0.321 e. The van der Waals surface area contributed by atoms with Gasteiger partial charge in [-0.3, -0.25) is 9.59 Å². The van der Waals surface area contributed by atoms with E-state index in [2.05, 4.69) is 4.74 Å². The zero-order chi connectivity index (χ0) is 8.72. The fraction of sp³-hybridized carbons (Fsp3) is 0.600. The third-order valence-corrected chi connectivity index (χ3v) is 2.60. The van der Waals surface area contributed by atoms with Gasteiger partial charge in [-0.25, -0.2) is 0 Å². The molecule has 0 N–H and O–H groups in total. The number of hydrogen-bond donors (Lipinski definition) is 0. The normalized spacial score (nSPS) is 36.5. The second-order valence-electron chi connectivity index (χ2n) is 3.43. The monoisotopic (exact) mass is 182 g/mol. The van der Waals surface area contributed by atoms with Gasteiger partial charge in [-0.15, -0.1) is 0 Å². The molecule has 3 unspecified atom stereocenters. The molecule has 2 rings (SSSR count). The van der Waals surface area contributed by atoms with Gasteiger partial charge in [-0.1, -0.05) is 26.5 Å². The second kappa shape index (κ2) is 3.32. The number of carbonyl (C=O) groups is 2. The zero-order valence-corrected chi connectivity index (χ0v) is 6.82. The number of fused-ring (bicyclic) bond motifs is 1. The van der Waals surface area contributed by atoms with Crippen molar-refractivity contribution in [2.24, 2.45) is 17.8 Å². The molecule has 13 heavy (non-hydrogen) atoms. The van der Waals surface area contributed by atoms with Crippen molar-refractivity contribution in [3.05, 3.63) is 12.2 Å². The van der Waals surface area contributed by atoms with Crippen molar-refractivity contribution in [2.45, 2.75) is 20.8 Å². The third kappa shape index (κ3) is 1.39. The minimum atomic E-state index is -0.382. The first-order chi connectivity index (χ1) is 5.70. The molecule has 0 aromatic carbocycles. The lowest BCUT2D eigenvalue weighted by Gasteiger charge is -2.20. The first kappa shape index (κ1) is 9.96. The Balaban J connectivity index is 0.000000845. The molecule has 1 saturated heterocycles. The highest BCUT2D eigenvalue weighted by Gasteiger charge is 2.46. The lowest BCUT2D eigenvalue weighted by molar-refractivity contribution is -0.153. The number of cyclic esters (lactones) is 2. The van der Waals surface area contributed by atoms with Crippen LogP contribution in [0.4, 0.5) is 0 Å². The molecule has 0 saturated carbocycles. The van der Waals surface area contributed by atoms with Crippen LogP contribution < -0.4 is 0 Å². The molecule has 0 aromatic rings. The predicted molar refractivity (Wildman–Crippen MR) is 47.7 cm³/mol. The molecule has 2 aliphatic rings. The minimum absolute atomic E-state index is 0. The van der Waals surface area contributed by atoms with Crippen LogP contribution in [0.3, 0.4) is 0 Å². The summed E-state index contributed by atoms with van der Waals surface area (Å²) in [6.07, 6.45) is 4.60. The van der Waals surface area contributed by atoms with Crippen molar-refractivity contribution < 1.29 is 14.3 Å². The van der Waals surface area contributed by atoms with E-state index in [0.717, 1.165) is 6.42 Å². The molecule has 1 fully saturated rings. The highest BCUT2D eigenvalue weighted by molar-refractivity contribution is 5.97. The Hall–Kier alpha value is -1.12. The molecule has 1 aliphatic heterocycles. The van der Waals surface area contributed by atoms with E-state index in [1.807, 2.05) is 13.0 Å². The first-order valence-electron chi connectivity index (χ1n) is 4.12. The van der Waals surface area contributed by atoms with E-state index in [1.54, 1.807) is 6.08 Å². The maximum Gasteiger partial charge on any atom is 0.321 e. The van der Waals surface area contributed by atoms with Gasteiger partial charge in [0.1, 0.15) is 0 Å². The molecule has 3 heteroatoms. The minimum Gasteiger partial charge on any atom is -0.392 e. The number of allylic oxidation sites excluding steroid dienone is 1. The van der Waals surface area contributed by atoms with Crippen molar-refractivity contribution >= 4 is 11.9 Å². The van der Waals surface area contributed by atoms with Gasteiger partial charge < -0.3 is 4.74 Å². The molecule has 1 aliphatic carbocycles. The third-order valence-electron chi connectivity index (χ3n) is 2.60. The van der Waals surface area contributed by atoms with Crippen molar-refractivity contribution in [1.29, 1.82) is 0 Å². The molecule has 72 valence electrons. The Labute approximate surface area is 77.8 Å². The standard InChI is InChI=1S/C9H10O3.CH4/c1-5-3-2-4-6-7(5)9(11)12-8(6)10;/h2,4-7H,3H2,1H3;1H4. The zero-order valence-electron chi connectivity index (χ0n) is 6.82. The van der Waals surface area contributed by atoms with E-state index in [-0.39, 0.29) is 37.1 Å². The van der Waals surface area contributed by atoms with Crippen LogP contribution in [0.5, 0.6) is 0 Å². The van der Waals surface area contributed by atoms with Gasteiger partial charge in [0.05, 0.1) is 11.8 Å². The quantitative estimate of drug-likeness (QED) is 0.324. The molecule has 0 bridgehead atoms. The SMILES string of the molecule is C.CC1CC=CC2C(=O)OC(=O)C12. The summed E-state index contributed by atoms with van der Waals surface area (Å²) in [5, 5.41) is 0. The van der Waals surface area contributed by atoms with E-state index in [4.69, 9.17) is 0 Å². The van der Waals surface area contributed by atoms with Crippen LogP contribution in [0.2, 0.25) is 0 Å². The van der Waals surface area contributed by atoms with E-state index in [9.17, 15) is 9.59 Å². The highest BCUT2D eigenvalue weighted by atomic mass is 16.6. The molecular weight excluding hydrogens is 168 g/mol. The van der Waals surface area contributed by atoms with Crippen molar-refractivity contribution in [3.63, 3.8) is 0 Å². The summed E-state index contributed by atoms with van der Waals surface area (Å²) in [6.45, 7) is 1.97. The number of ether oxygens (including phenoxy) is 1. The topological polar surface area (TPSA) is 43.4 Å². The van der Waals surface area contributed by atoms with E-state index >= 15 is 0 Å². The van der Waals surface area contributed by atoms with E-state index < -0.39 is 0 Å². The molecule has 1 heterocycles. The largest absolute Gasteiger partial charge is 0.392 e. The van der Waals surface area contributed by atoms with Crippen molar-refractivity contribution in [3.8, 4) is 0 Å². The van der Waals surface area contributed by atoms with E-state index in [0.29, 0.717) is 0 Å². The number of carbonyl (C=O) groups excluding carboxylic acids is 2. The van der Waals surface area contributed by atoms with Crippen LogP contribution in [0, 0.1) is 17.8 Å². The number of esters is 2. The van der Waals surface area contributed by atoms with Crippen LogP contribution in [0.25, 0.3) is 0 Å². The van der Waals surface area contributed by atoms with Gasteiger partial charge in [0.2, 0.25) is 0 Å². The maximum absolute atomic E-state index is 11.2. The van der Waals surface area contributed by atoms with Crippen LogP contribution in [0.15, 0.2) is 12.2 Å². The van der Waals surface area contributed by atoms with E-state index in [1.165, 1.54) is 0 Å². The molecule has 3 nitrogen and oxygen atoms in total. The predicted octanol–water partition coefficient (Wildman–Crippen LogP) is 1.53. The Bertz CT molecular complexity index is 267. The molecule has 0 radical (unpaired) electrons. The van der Waals surface area contributed by atoms with Crippen LogP contribution in [0.1, 0.15) is 20.8 Å². The summed E-state index contributed by atoms with van der Waals surface area (Å²) in [7, 11) is 0. The molecular formula is C10H14O3. The number of rotatable bonds is 0. The van der Waals surface area contributed by atoms with Crippen LogP contribution >= 0.6 is 0 Å². The molecule has 0 amide bonds.